The number of hydrogen-bond donors (Lipinski definition) is 1. The molecule has 7 heteroatoms. The number of carbonyl (C=O) groups excluding carboxylic acids is 1. The molecular formula is C25H21ClN2O3S. The highest BCUT2D eigenvalue weighted by atomic mass is 35.5. The van der Waals surface area contributed by atoms with Crippen molar-refractivity contribution in [1.29, 1.82) is 0 Å². The summed E-state index contributed by atoms with van der Waals surface area (Å²) < 4.78 is 11.4. The van der Waals surface area contributed by atoms with E-state index in [1.807, 2.05) is 85.8 Å². The second-order valence-corrected chi connectivity index (χ2v) is 8.27. The molecule has 1 amide bonds. The van der Waals surface area contributed by atoms with Gasteiger partial charge in [0.25, 0.3) is 5.91 Å². The van der Waals surface area contributed by atoms with Gasteiger partial charge in [0.2, 0.25) is 0 Å². The first-order chi connectivity index (χ1) is 15.6. The molecule has 32 heavy (non-hydrogen) atoms. The van der Waals surface area contributed by atoms with Crippen LogP contribution in [-0.4, -0.2) is 17.7 Å². The minimum Gasteiger partial charge on any atom is -0.492 e. The number of amidine groups is 1. The molecule has 0 radical (unpaired) electrons. The molecule has 1 saturated heterocycles. The number of carbonyl (C=O) groups is 1. The number of aliphatic imine (C=N–C) groups is 1. The Hall–Kier alpha value is -3.22. The number of hydrogen-bond acceptors (Lipinski definition) is 5. The molecule has 0 spiro atoms. The molecule has 3 aromatic rings. The molecule has 1 N–H and O–H groups in total. The monoisotopic (exact) mass is 464 g/mol. The van der Waals surface area contributed by atoms with E-state index in [1.165, 1.54) is 11.8 Å². The smallest absolute Gasteiger partial charge is 0.264 e. The molecule has 1 fully saturated rings. The van der Waals surface area contributed by atoms with Crippen molar-refractivity contribution in [2.24, 2.45) is 4.99 Å². The zero-order valence-electron chi connectivity index (χ0n) is 17.4. The van der Waals surface area contributed by atoms with Crippen molar-refractivity contribution in [2.45, 2.75) is 13.5 Å². The average molecular weight is 465 g/mol. The number of nitrogens with one attached hydrogen (secondary N) is 1. The topological polar surface area (TPSA) is 59.9 Å². The van der Waals surface area contributed by atoms with Crippen LogP contribution in [0.2, 0.25) is 5.02 Å². The maximum atomic E-state index is 12.4. The van der Waals surface area contributed by atoms with Crippen molar-refractivity contribution in [3.05, 3.63) is 93.9 Å². The Morgan fingerprint density at radius 2 is 1.75 bits per heavy atom. The van der Waals surface area contributed by atoms with Crippen LogP contribution in [0.1, 0.15) is 18.1 Å². The van der Waals surface area contributed by atoms with Gasteiger partial charge in [0, 0.05) is 10.6 Å². The molecule has 0 aliphatic carbocycles. The predicted molar refractivity (Wildman–Crippen MR) is 131 cm³/mol. The highest BCUT2D eigenvalue weighted by Crippen LogP contribution is 2.32. The average Bonchev–Trinajstić information content (AvgIpc) is 3.14. The molecule has 1 aliphatic heterocycles. The van der Waals surface area contributed by atoms with Gasteiger partial charge in [0.15, 0.2) is 5.17 Å². The third-order valence-electron chi connectivity index (χ3n) is 4.57. The van der Waals surface area contributed by atoms with E-state index in [0.717, 1.165) is 16.9 Å². The van der Waals surface area contributed by atoms with Crippen molar-refractivity contribution in [1.82, 2.24) is 5.32 Å². The Labute approximate surface area is 196 Å². The van der Waals surface area contributed by atoms with Crippen LogP contribution in [0, 0.1) is 0 Å². The molecule has 0 bridgehead atoms. The summed E-state index contributed by atoms with van der Waals surface area (Å²) in [4.78, 5) is 17.5. The molecule has 5 nitrogen and oxygen atoms in total. The largest absolute Gasteiger partial charge is 0.492 e. The lowest BCUT2D eigenvalue weighted by molar-refractivity contribution is -0.115. The van der Waals surface area contributed by atoms with Gasteiger partial charge in [-0.25, -0.2) is 4.99 Å². The molecule has 162 valence electrons. The number of amides is 1. The van der Waals surface area contributed by atoms with Crippen molar-refractivity contribution in [2.75, 3.05) is 6.61 Å². The highest BCUT2D eigenvalue weighted by molar-refractivity contribution is 8.18. The molecule has 1 aliphatic rings. The Kier molecular flexibility index (Phi) is 7.14. The zero-order valence-corrected chi connectivity index (χ0v) is 19.0. The quantitative estimate of drug-likeness (QED) is 0.422. The van der Waals surface area contributed by atoms with Gasteiger partial charge < -0.3 is 14.8 Å². The Morgan fingerprint density at radius 3 is 2.53 bits per heavy atom. The molecule has 4 rings (SSSR count). The Bertz CT molecular complexity index is 1180. The molecule has 3 aromatic carbocycles. The van der Waals surface area contributed by atoms with E-state index in [-0.39, 0.29) is 5.91 Å². The van der Waals surface area contributed by atoms with Gasteiger partial charge in [-0.1, -0.05) is 54.1 Å². The van der Waals surface area contributed by atoms with Gasteiger partial charge in [0.1, 0.15) is 23.8 Å². The summed E-state index contributed by atoms with van der Waals surface area (Å²) in [7, 11) is 0. The SMILES string of the molecule is CCOc1ccccc1N=C1NC(=O)C(=Cc2ccc(OCc3ccccc3Cl)cc2)S1. The fourth-order valence-corrected chi connectivity index (χ4v) is 4.03. The second-order valence-electron chi connectivity index (χ2n) is 6.83. The van der Waals surface area contributed by atoms with Gasteiger partial charge in [-0.05, 0) is 60.7 Å². The van der Waals surface area contributed by atoms with Crippen LogP contribution in [-0.2, 0) is 11.4 Å². The van der Waals surface area contributed by atoms with E-state index >= 15 is 0 Å². The molecule has 0 aromatic heterocycles. The van der Waals surface area contributed by atoms with Crippen LogP contribution in [0.15, 0.2) is 82.7 Å². The lowest BCUT2D eigenvalue weighted by atomic mass is 10.2. The van der Waals surface area contributed by atoms with E-state index in [0.29, 0.717) is 39.7 Å². The number of benzene rings is 3. The third-order valence-corrected chi connectivity index (χ3v) is 5.85. The third kappa shape index (κ3) is 5.52. The van der Waals surface area contributed by atoms with E-state index in [2.05, 4.69) is 10.3 Å². The molecule has 0 saturated carbocycles. The minimum absolute atomic E-state index is 0.179. The van der Waals surface area contributed by atoms with Gasteiger partial charge in [-0.15, -0.1) is 0 Å². The van der Waals surface area contributed by atoms with Gasteiger partial charge >= 0.3 is 0 Å². The van der Waals surface area contributed by atoms with Gasteiger partial charge in [-0.2, -0.15) is 0 Å². The zero-order chi connectivity index (χ0) is 22.3. The fraction of sp³-hybridized carbons (Fsp3) is 0.120. The van der Waals surface area contributed by atoms with Gasteiger partial charge in [-0.3, -0.25) is 4.79 Å². The summed E-state index contributed by atoms with van der Waals surface area (Å²) in [5.41, 5.74) is 2.50. The lowest BCUT2D eigenvalue weighted by Gasteiger charge is -2.08. The molecule has 1 heterocycles. The first-order valence-electron chi connectivity index (χ1n) is 10.1. The standard InChI is InChI=1S/C25H21ClN2O3S/c1-2-30-22-10-6-5-9-21(22)27-25-28-24(29)23(32-25)15-17-11-13-19(14-12-17)31-16-18-7-3-4-8-20(18)26/h3-15H,2,16H2,1H3,(H,27,28,29). The summed E-state index contributed by atoms with van der Waals surface area (Å²) in [5.74, 6) is 1.23. The van der Waals surface area contributed by atoms with Crippen LogP contribution >= 0.6 is 23.4 Å². The Morgan fingerprint density at radius 1 is 1.00 bits per heavy atom. The summed E-state index contributed by atoms with van der Waals surface area (Å²) in [6.07, 6.45) is 1.83. The maximum Gasteiger partial charge on any atom is 0.264 e. The molecule has 0 atom stereocenters. The Balaban J connectivity index is 1.43. The van der Waals surface area contributed by atoms with Crippen LogP contribution in [0.3, 0.4) is 0 Å². The summed E-state index contributed by atoms with van der Waals surface area (Å²) in [5, 5.41) is 4.01. The van der Waals surface area contributed by atoms with Crippen molar-refractivity contribution in [3.8, 4) is 11.5 Å². The summed E-state index contributed by atoms with van der Waals surface area (Å²) >= 11 is 7.46. The van der Waals surface area contributed by atoms with Crippen LogP contribution < -0.4 is 14.8 Å². The van der Waals surface area contributed by atoms with Crippen molar-refractivity contribution < 1.29 is 14.3 Å². The van der Waals surface area contributed by atoms with E-state index in [4.69, 9.17) is 21.1 Å². The fourth-order valence-electron chi connectivity index (χ4n) is 3.01. The van der Waals surface area contributed by atoms with Crippen LogP contribution in [0.25, 0.3) is 6.08 Å². The minimum atomic E-state index is -0.179. The first kappa shape index (κ1) is 22.0. The maximum absolute atomic E-state index is 12.4. The number of rotatable bonds is 7. The van der Waals surface area contributed by atoms with E-state index in [9.17, 15) is 4.79 Å². The number of thioether (sulfide) groups is 1. The van der Waals surface area contributed by atoms with Gasteiger partial charge in [0.05, 0.1) is 11.5 Å². The normalized spacial score (nSPS) is 15.8. The van der Waals surface area contributed by atoms with E-state index < -0.39 is 0 Å². The van der Waals surface area contributed by atoms with Crippen LogP contribution in [0.5, 0.6) is 11.5 Å². The second kappa shape index (κ2) is 10.4. The van der Waals surface area contributed by atoms with Crippen molar-refractivity contribution in [3.63, 3.8) is 0 Å². The number of halogens is 1. The number of para-hydroxylation sites is 2. The van der Waals surface area contributed by atoms with Crippen LogP contribution in [0.4, 0.5) is 5.69 Å². The number of nitrogens with zero attached hydrogens (tertiary/aromatic N) is 1. The first-order valence-corrected chi connectivity index (χ1v) is 11.3. The van der Waals surface area contributed by atoms with E-state index in [1.54, 1.807) is 0 Å². The lowest BCUT2D eigenvalue weighted by Crippen LogP contribution is -2.19. The molecule has 0 unspecified atom stereocenters. The summed E-state index contributed by atoms with van der Waals surface area (Å²) in [6, 6.07) is 22.6. The summed E-state index contributed by atoms with van der Waals surface area (Å²) in [6.45, 7) is 2.86. The predicted octanol–water partition coefficient (Wildman–Crippen LogP) is 6.21. The molecular weight excluding hydrogens is 444 g/mol. The van der Waals surface area contributed by atoms with Crippen molar-refractivity contribution >= 4 is 46.2 Å². The number of ether oxygens (including phenoxy) is 2. The highest BCUT2D eigenvalue weighted by Gasteiger charge is 2.24.